The van der Waals surface area contributed by atoms with Crippen LogP contribution in [0.4, 0.5) is 0 Å². The lowest BCUT2D eigenvalue weighted by molar-refractivity contribution is 0.0691. The van der Waals surface area contributed by atoms with Gasteiger partial charge in [0.25, 0.3) is 5.91 Å². The average molecular weight is 291 g/mol. The summed E-state index contributed by atoms with van der Waals surface area (Å²) in [5.74, 6) is -1.41. The fourth-order valence-corrected chi connectivity index (χ4v) is 2.40. The van der Waals surface area contributed by atoms with Gasteiger partial charge in [-0.05, 0) is 25.1 Å². The number of nitrogens with zero attached hydrogens (tertiary/aromatic N) is 1. The van der Waals surface area contributed by atoms with Crippen LogP contribution in [0.3, 0.4) is 0 Å². The van der Waals surface area contributed by atoms with Crippen molar-refractivity contribution >= 4 is 11.9 Å². The lowest BCUT2D eigenvalue weighted by atomic mass is 10.1. The molecule has 6 heteroatoms. The van der Waals surface area contributed by atoms with Crippen molar-refractivity contribution < 1.29 is 14.7 Å². The number of aromatic carboxylic acids is 1. The van der Waals surface area contributed by atoms with Gasteiger partial charge in [-0.3, -0.25) is 4.79 Å². The summed E-state index contributed by atoms with van der Waals surface area (Å²) in [6.45, 7) is 5.60. The summed E-state index contributed by atoms with van der Waals surface area (Å²) in [5.41, 5.74) is 0.254. The first-order valence-electron chi connectivity index (χ1n) is 7.22. The maximum atomic E-state index is 12.0. The topological polar surface area (TPSA) is 81.7 Å². The molecule has 1 aromatic carbocycles. The summed E-state index contributed by atoms with van der Waals surface area (Å²) >= 11 is 0. The number of carbonyl (C=O) groups is 2. The molecule has 1 aliphatic heterocycles. The van der Waals surface area contributed by atoms with Gasteiger partial charge < -0.3 is 20.6 Å². The van der Waals surface area contributed by atoms with E-state index in [0.717, 1.165) is 39.1 Å². The quantitative estimate of drug-likeness (QED) is 0.661. The smallest absolute Gasteiger partial charge is 0.336 e. The van der Waals surface area contributed by atoms with Crippen molar-refractivity contribution in [2.75, 3.05) is 39.3 Å². The van der Waals surface area contributed by atoms with Gasteiger partial charge >= 0.3 is 5.97 Å². The van der Waals surface area contributed by atoms with Gasteiger partial charge in [0.1, 0.15) is 0 Å². The monoisotopic (exact) mass is 291 g/mol. The first-order chi connectivity index (χ1) is 10.2. The maximum Gasteiger partial charge on any atom is 0.336 e. The Morgan fingerprint density at radius 2 is 1.86 bits per heavy atom. The van der Waals surface area contributed by atoms with E-state index in [9.17, 15) is 9.59 Å². The Bertz CT molecular complexity index is 499. The van der Waals surface area contributed by atoms with Crippen molar-refractivity contribution in [1.29, 1.82) is 0 Å². The molecule has 3 N–H and O–H groups in total. The summed E-state index contributed by atoms with van der Waals surface area (Å²) in [5, 5.41) is 15.1. The summed E-state index contributed by atoms with van der Waals surface area (Å²) in [7, 11) is 0. The molecule has 1 aliphatic rings. The molecule has 0 aromatic heterocycles. The number of rotatable bonds is 6. The molecule has 1 amide bonds. The maximum absolute atomic E-state index is 12.0. The number of amides is 1. The molecule has 1 saturated heterocycles. The first-order valence-corrected chi connectivity index (χ1v) is 7.22. The highest BCUT2D eigenvalue weighted by Crippen LogP contribution is 2.08. The molecular formula is C15H21N3O3. The van der Waals surface area contributed by atoms with Crippen molar-refractivity contribution in [1.82, 2.24) is 15.5 Å². The van der Waals surface area contributed by atoms with Crippen LogP contribution in [-0.2, 0) is 0 Å². The molecule has 1 fully saturated rings. The molecule has 114 valence electrons. The lowest BCUT2D eigenvalue weighted by Crippen LogP contribution is -2.44. The van der Waals surface area contributed by atoms with Crippen molar-refractivity contribution in [2.45, 2.75) is 6.42 Å². The Balaban J connectivity index is 1.78. The minimum Gasteiger partial charge on any atom is -0.478 e. The number of carboxylic acid groups (broad SMARTS) is 1. The van der Waals surface area contributed by atoms with Crippen LogP contribution in [0, 0.1) is 0 Å². The molecule has 1 aromatic rings. The minimum absolute atomic E-state index is 0.0390. The Morgan fingerprint density at radius 1 is 1.19 bits per heavy atom. The molecular weight excluding hydrogens is 270 g/mol. The summed E-state index contributed by atoms with van der Waals surface area (Å²) in [6, 6.07) is 6.26. The molecule has 0 atom stereocenters. The van der Waals surface area contributed by atoms with Gasteiger partial charge in [-0.25, -0.2) is 4.79 Å². The van der Waals surface area contributed by atoms with Gasteiger partial charge in [-0.1, -0.05) is 12.1 Å². The number of nitrogens with one attached hydrogen (secondary N) is 2. The highest BCUT2D eigenvalue weighted by molar-refractivity contribution is 6.04. The van der Waals surface area contributed by atoms with Crippen LogP contribution in [-0.4, -0.2) is 61.2 Å². The van der Waals surface area contributed by atoms with Crippen LogP contribution in [0.5, 0.6) is 0 Å². The lowest BCUT2D eigenvalue weighted by Gasteiger charge is -2.27. The van der Waals surface area contributed by atoms with Crippen molar-refractivity contribution in [2.24, 2.45) is 0 Å². The molecule has 0 bridgehead atoms. The molecule has 2 rings (SSSR count). The predicted molar refractivity (Wildman–Crippen MR) is 79.7 cm³/mol. The van der Waals surface area contributed by atoms with E-state index in [0.29, 0.717) is 6.54 Å². The van der Waals surface area contributed by atoms with E-state index in [-0.39, 0.29) is 17.0 Å². The molecule has 0 unspecified atom stereocenters. The Labute approximate surface area is 124 Å². The molecule has 0 spiro atoms. The summed E-state index contributed by atoms with van der Waals surface area (Å²) < 4.78 is 0. The van der Waals surface area contributed by atoms with Crippen LogP contribution < -0.4 is 10.6 Å². The second-order valence-electron chi connectivity index (χ2n) is 5.05. The fraction of sp³-hybridized carbons (Fsp3) is 0.467. The number of carbonyl (C=O) groups excluding carboxylic acids is 1. The molecule has 6 nitrogen and oxygen atoms in total. The second kappa shape index (κ2) is 7.75. The normalized spacial score (nSPS) is 15.6. The zero-order chi connectivity index (χ0) is 15.1. The van der Waals surface area contributed by atoms with Crippen LogP contribution >= 0.6 is 0 Å². The molecule has 0 saturated carbocycles. The molecule has 0 radical (unpaired) electrons. The average Bonchev–Trinajstić information content (AvgIpc) is 2.52. The van der Waals surface area contributed by atoms with Gasteiger partial charge in [0.2, 0.25) is 0 Å². The second-order valence-corrected chi connectivity index (χ2v) is 5.05. The number of carboxylic acids is 1. The number of piperazine rings is 1. The van der Waals surface area contributed by atoms with Gasteiger partial charge in [-0.2, -0.15) is 0 Å². The Kier molecular flexibility index (Phi) is 5.71. The highest BCUT2D eigenvalue weighted by atomic mass is 16.4. The number of benzene rings is 1. The van der Waals surface area contributed by atoms with Crippen LogP contribution in [0.1, 0.15) is 27.1 Å². The van der Waals surface area contributed by atoms with Crippen molar-refractivity contribution in [3.63, 3.8) is 0 Å². The zero-order valence-corrected chi connectivity index (χ0v) is 12.0. The van der Waals surface area contributed by atoms with E-state index in [1.165, 1.54) is 12.1 Å². The van der Waals surface area contributed by atoms with E-state index in [1.807, 2.05) is 0 Å². The van der Waals surface area contributed by atoms with Crippen molar-refractivity contribution in [3.8, 4) is 0 Å². The Morgan fingerprint density at radius 3 is 2.52 bits per heavy atom. The predicted octanol–water partition coefficient (Wildman–Crippen LogP) is 0.410. The SMILES string of the molecule is O=C(O)c1ccccc1C(=O)NCCCN1CCNCC1. The van der Waals surface area contributed by atoms with E-state index >= 15 is 0 Å². The molecule has 0 aliphatic carbocycles. The zero-order valence-electron chi connectivity index (χ0n) is 12.0. The third kappa shape index (κ3) is 4.54. The van der Waals surface area contributed by atoms with Gasteiger partial charge in [-0.15, -0.1) is 0 Å². The third-order valence-corrected chi connectivity index (χ3v) is 3.55. The summed E-state index contributed by atoms with van der Waals surface area (Å²) in [4.78, 5) is 25.4. The van der Waals surface area contributed by atoms with Crippen LogP contribution in [0.2, 0.25) is 0 Å². The molecule has 1 heterocycles. The first kappa shape index (κ1) is 15.5. The fourth-order valence-electron chi connectivity index (χ4n) is 2.40. The number of hydrogen-bond donors (Lipinski definition) is 3. The minimum atomic E-state index is -1.08. The number of hydrogen-bond acceptors (Lipinski definition) is 4. The Hall–Kier alpha value is -1.92. The third-order valence-electron chi connectivity index (χ3n) is 3.55. The van der Waals surface area contributed by atoms with E-state index in [2.05, 4.69) is 15.5 Å². The summed E-state index contributed by atoms with van der Waals surface area (Å²) in [6.07, 6.45) is 0.862. The standard InChI is InChI=1S/C15H21N3O3/c19-14(12-4-1-2-5-13(12)15(20)21)17-6-3-9-18-10-7-16-8-11-18/h1-2,4-5,16H,3,6-11H2,(H,17,19)(H,20,21). The molecule has 21 heavy (non-hydrogen) atoms. The largest absolute Gasteiger partial charge is 0.478 e. The van der Waals surface area contributed by atoms with Crippen molar-refractivity contribution in [3.05, 3.63) is 35.4 Å². The van der Waals surface area contributed by atoms with Gasteiger partial charge in [0, 0.05) is 32.7 Å². The van der Waals surface area contributed by atoms with Crippen LogP contribution in [0.25, 0.3) is 0 Å². The van der Waals surface area contributed by atoms with E-state index in [1.54, 1.807) is 12.1 Å². The van der Waals surface area contributed by atoms with E-state index in [4.69, 9.17) is 5.11 Å². The van der Waals surface area contributed by atoms with Gasteiger partial charge in [0.05, 0.1) is 11.1 Å². The van der Waals surface area contributed by atoms with Crippen LogP contribution in [0.15, 0.2) is 24.3 Å². The highest BCUT2D eigenvalue weighted by Gasteiger charge is 2.15. The van der Waals surface area contributed by atoms with E-state index < -0.39 is 5.97 Å². The van der Waals surface area contributed by atoms with Gasteiger partial charge in [0.15, 0.2) is 0 Å².